The van der Waals surface area contributed by atoms with Crippen molar-refractivity contribution in [3.63, 3.8) is 0 Å². The average Bonchev–Trinajstić information content (AvgIpc) is 3.18. The van der Waals surface area contributed by atoms with Crippen LogP contribution in [0, 0.1) is 0 Å². The van der Waals surface area contributed by atoms with E-state index in [1.165, 1.54) is 6.20 Å². The Bertz CT molecular complexity index is 1250. The second-order valence-corrected chi connectivity index (χ2v) is 7.77. The first-order valence-corrected chi connectivity index (χ1v) is 9.94. The summed E-state index contributed by atoms with van der Waals surface area (Å²) >= 11 is 0. The second-order valence-electron chi connectivity index (χ2n) is 7.77. The number of pyridine rings is 1. The van der Waals surface area contributed by atoms with E-state index in [-0.39, 0.29) is 17.8 Å². The number of benzene rings is 1. The number of rotatable bonds is 5. The summed E-state index contributed by atoms with van der Waals surface area (Å²) in [6, 6.07) is 7.70. The fourth-order valence-electron chi connectivity index (χ4n) is 4.05. The molecule has 4 aromatic rings. The van der Waals surface area contributed by atoms with Crippen molar-refractivity contribution in [3.8, 4) is 5.75 Å². The van der Waals surface area contributed by atoms with Crippen molar-refractivity contribution >= 4 is 22.5 Å². The number of hydrogen-bond donors (Lipinski definition) is 2. The molecule has 0 saturated heterocycles. The summed E-state index contributed by atoms with van der Waals surface area (Å²) in [4.78, 5) is 13.5. The van der Waals surface area contributed by atoms with Crippen LogP contribution in [0.3, 0.4) is 0 Å². The van der Waals surface area contributed by atoms with E-state index < -0.39 is 12.5 Å². The van der Waals surface area contributed by atoms with E-state index in [9.17, 15) is 8.78 Å². The van der Waals surface area contributed by atoms with Crippen molar-refractivity contribution < 1.29 is 13.5 Å². The Balaban J connectivity index is 1.38. The Morgan fingerprint density at radius 3 is 2.61 bits per heavy atom. The zero-order valence-electron chi connectivity index (χ0n) is 16.7. The molecule has 3 heterocycles. The molecule has 31 heavy (non-hydrogen) atoms. The minimum atomic E-state index is -2.61. The molecule has 0 amide bonds. The van der Waals surface area contributed by atoms with Gasteiger partial charge in [-0.15, -0.1) is 5.10 Å². The summed E-state index contributed by atoms with van der Waals surface area (Å²) in [6.45, 7) is 0. The summed E-state index contributed by atoms with van der Waals surface area (Å²) in [5.74, 6) is 1.96. The third kappa shape index (κ3) is 3.23. The Labute approximate surface area is 176 Å². The molecule has 1 aromatic carbocycles. The molecule has 1 aliphatic rings. The molecule has 0 spiro atoms. The van der Waals surface area contributed by atoms with Crippen molar-refractivity contribution in [2.45, 2.75) is 37.1 Å². The molecule has 3 aromatic heterocycles. The quantitative estimate of drug-likeness (QED) is 0.504. The number of ether oxygens (including phenoxy) is 1. The molecule has 1 saturated carbocycles. The number of methoxy groups -OCH3 is 1. The lowest BCUT2D eigenvalue weighted by atomic mass is 9.72. The van der Waals surface area contributed by atoms with Crippen LogP contribution in [-0.4, -0.2) is 38.1 Å². The van der Waals surface area contributed by atoms with Crippen LogP contribution >= 0.6 is 0 Å². The number of nitrogens with zero attached hydrogens (tertiary/aromatic N) is 5. The fraction of sp³-hybridized carbons (Fsp3) is 0.333. The van der Waals surface area contributed by atoms with Gasteiger partial charge in [-0.25, -0.2) is 18.7 Å². The largest absolute Gasteiger partial charge is 0.494 e. The first-order chi connectivity index (χ1) is 15.0. The van der Waals surface area contributed by atoms with Gasteiger partial charge in [-0.05, 0) is 36.6 Å². The van der Waals surface area contributed by atoms with Gasteiger partial charge >= 0.3 is 0 Å². The third-order valence-electron chi connectivity index (χ3n) is 5.91. The minimum absolute atomic E-state index is 0.162. The van der Waals surface area contributed by atoms with Gasteiger partial charge < -0.3 is 16.2 Å². The smallest absolute Gasteiger partial charge is 0.257 e. The lowest BCUT2D eigenvalue weighted by Gasteiger charge is -2.33. The maximum absolute atomic E-state index is 12.8. The lowest BCUT2D eigenvalue weighted by molar-refractivity contribution is 0.116. The van der Waals surface area contributed by atoms with Crippen molar-refractivity contribution in [1.29, 1.82) is 0 Å². The molecule has 4 N–H and O–H groups in total. The van der Waals surface area contributed by atoms with Gasteiger partial charge in [-0.2, -0.15) is 4.52 Å². The highest BCUT2D eigenvalue weighted by molar-refractivity contribution is 5.95. The highest BCUT2D eigenvalue weighted by atomic mass is 19.3. The van der Waals surface area contributed by atoms with Crippen molar-refractivity contribution in [2.75, 3.05) is 12.8 Å². The molecule has 1 aliphatic carbocycles. The van der Waals surface area contributed by atoms with E-state index in [1.807, 2.05) is 18.2 Å². The van der Waals surface area contributed by atoms with Crippen molar-refractivity contribution in [2.24, 2.45) is 5.73 Å². The summed E-state index contributed by atoms with van der Waals surface area (Å²) in [6.07, 6.45) is 0.464. The normalized spacial score (nSPS) is 19.6. The topological polar surface area (TPSA) is 117 Å². The molecule has 1 fully saturated rings. The zero-order valence-corrected chi connectivity index (χ0v) is 16.7. The molecule has 0 unspecified atom stereocenters. The Hall–Kier alpha value is -3.40. The molecule has 0 radical (unpaired) electrons. The van der Waals surface area contributed by atoms with Crippen LogP contribution in [0.5, 0.6) is 5.75 Å². The summed E-state index contributed by atoms with van der Waals surface area (Å²) in [5, 5.41) is 5.40. The number of para-hydroxylation sites is 1. The van der Waals surface area contributed by atoms with E-state index in [0.29, 0.717) is 28.3 Å². The molecule has 10 heteroatoms. The van der Waals surface area contributed by atoms with Crippen molar-refractivity contribution in [1.82, 2.24) is 24.6 Å². The highest BCUT2D eigenvalue weighted by Gasteiger charge is 2.35. The van der Waals surface area contributed by atoms with E-state index in [1.54, 1.807) is 23.8 Å². The molecule has 0 aliphatic heterocycles. The summed E-state index contributed by atoms with van der Waals surface area (Å²) in [7, 11) is 1.59. The van der Waals surface area contributed by atoms with Gasteiger partial charge in [-0.1, -0.05) is 12.1 Å². The Morgan fingerprint density at radius 1 is 1.13 bits per heavy atom. The van der Waals surface area contributed by atoms with Crippen LogP contribution in [0.1, 0.15) is 47.8 Å². The predicted molar refractivity (Wildman–Crippen MR) is 111 cm³/mol. The van der Waals surface area contributed by atoms with Crippen LogP contribution in [0.25, 0.3) is 16.6 Å². The molecule has 160 valence electrons. The Kier molecular flexibility index (Phi) is 4.66. The molecule has 0 bridgehead atoms. The number of alkyl halides is 2. The first kappa shape index (κ1) is 19.6. The SMILES string of the molecule is COc1cccc2c1nc(N)n1nc([C@H]3C[C@H](c4ccc([C@H](N)C(F)F)cn4)C3)nc21. The Morgan fingerprint density at radius 2 is 1.94 bits per heavy atom. The number of nitrogens with two attached hydrogens (primary N) is 2. The number of hydrogen-bond acceptors (Lipinski definition) is 7. The van der Waals surface area contributed by atoms with Gasteiger partial charge in [0.05, 0.1) is 13.2 Å². The average molecular weight is 425 g/mol. The summed E-state index contributed by atoms with van der Waals surface area (Å²) < 4.78 is 32.5. The number of halogens is 2. The van der Waals surface area contributed by atoms with Crippen LogP contribution in [0.4, 0.5) is 14.7 Å². The number of anilines is 1. The molecule has 1 atom stereocenters. The standard InChI is InChI=1S/C21H21F2N7O/c1-31-15-4-2-3-13-17(15)27-21(25)30-20(13)28-19(29-30)12-7-11(8-12)14-6-5-10(9-26-14)16(24)18(22)23/h2-6,9,11-12,16,18H,7-8,24H2,1H3,(H2,25,27)/t11-,12-,16-/m0/s1. The van der Waals surface area contributed by atoms with E-state index >= 15 is 0 Å². The van der Waals surface area contributed by atoms with E-state index in [2.05, 4.69) is 15.1 Å². The van der Waals surface area contributed by atoms with Gasteiger partial charge in [0.25, 0.3) is 6.43 Å². The number of fused-ring (bicyclic) bond motifs is 3. The van der Waals surface area contributed by atoms with Gasteiger partial charge in [0.1, 0.15) is 11.3 Å². The fourth-order valence-corrected chi connectivity index (χ4v) is 4.05. The van der Waals surface area contributed by atoms with Gasteiger partial charge in [-0.3, -0.25) is 4.98 Å². The minimum Gasteiger partial charge on any atom is -0.494 e. The third-order valence-corrected chi connectivity index (χ3v) is 5.91. The summed E-state index contributed by atoms with van der Waals surface area (Å²) in [5.41, 5.74) is 14.1. The second kappa shape index (κ2) is 7.38. The lowest BCUT2D eigenvalue weighted by Crippen LogP contribution is -2.23. The number of aromatic nitrogens is 5. The van der Waals surface area contributed by atoms with Crippen LogP contribution in [-0.2, 0) is 0 Å². The zero-order chi connectivity index (χ0) is 21.7. The monoisotopic (exact) mass is 425 g/mol. The first-order valence-electron chi connectivity index (χ1n) is 9.94. The molecule has 5 rings (SSSR count). The van der Waals surface area contributed by atoms with E-state index in [4.69, 9.17) is 21.2 Å². The van der Waals surface area contributed by atoms with Crippen LogP contribution < -0.4 is 16.2 Å². The van der Waals surface area contributed by atoms with Crippen molar-refractivity contribution in [3.05, 3.63) is 53.6 Å². The highest BCUT2D eigenvalue weighted by Crippen LogP contribution is 2.46. The maximum Gasteiger partial charge on any atom is 0.257 e. The van der Waals surface area contributed by atoms with Crippen LogP contribution in [0.2, 0.25) is 0 Å². The van der Waals surface area contributed by atoms with Gasteiger partial charge in [0.15, 0.2) is 11.5 Å². The molecule has 8 nitrogen and oxygen atoms in total. The van der Waals surface area contributed by atoms with Crippen LogP contribution in [0.15, 0.2) is 36.5 Å². The molecular formula is C21H21F2N7O. The van der Waals surface area contributed by atoms with E-state index in [0.717, 1.165) is 23.9 Å². The maximum atomic E-state index is 12.8. The van der Waals surface area contributed by atoms with Gasteiger partial charge in [0, 0.05) is 29.1 Å². The molecular weight excluding hydrogens is 404 g/mol. The van der Waals surface area contributed by atoms with Gasteiger partial charge in [0.2, 0.25) is 5.95 Å². The number of nitrogen functional groups attached to an aromatic ring is 1. The predicted octanol–water partition coefficient (Wildman–Crippen LogP) is 3.19.